The Hall–Kier alpha value is -1.59. The van der Waals surface area contributed by atoms with Crippen LogP contribution in [0.1, 0.15) is 44.6 Å². The van der Waals surface area contributed by atoms with Gasteiger partial charge in [-0.1, -0.05) is 18.6 Å². The summed E-state index contributed by atoms with van der Waals surface area (Å²) in [5, 5.41) is 2.96. The molecule has 2 aliphatic rings. The summed E-state index contributed by atoms with van der Waals surface area (Å²) in [7, 11) is 0. The van der Waals surface area contributed by atoms with Crippen molar-refractivity contribution in [2.24, 2.45) is 0 Å². The van der Waals surface area contributed by atoms with Gasteiger partial charge in [0.25, 0.3) is 0 Å². The molecule has 1 aliphatic heterocycles. The molecule has 1 spiro atoms. The van der Waals surface area contributed by atoms with Gasteiger partial charge in [-0.3, -0.25) is 4.79 Å². The van der Waals surface area contributed by atoms with Crippen molar-refractivity contribution in [2.45, 2.75) is 57.3 Å². The lowest BCUT2D eigenvalue weighted by atomic mass is 9.94. The van der Waals surface area contributed by atoms with Crippen LogP contribution in [-0.4, -0.2) is 37.6 Å². The highest BCUT2D eigenvalue weighted by Crippen LogP contribution is 2.37. The van der Waals surface area contributed by atoms with E-state index in [1.165, 1.54) is 6.42 Å². The predicted octanol–water partition coefficient (Wildman–Crippen LogP) is 2.82. The van der Waals surface area contributed by atoms with Crippen molar-refractivity contribution in [3.05, 3.63) is 29.8 Å². The molecular weight excluding hydrogens is 306 g/mol. The highest BCUT2D eigenvalue weighted by atomic mass is 16.7. The SMILES string of the molecule is CCOc1ccc(CC(=O)NC[C@H]2COC3(CCCCC3)O2)cc1. The molecule has 1 heterocycles. The third-order valence-electron chi connectivity index (χ3n) is 4.66. The van der Waals surface area contributed by atoms with Gasteiger partial charge in [-0.25, -0.2) is 0 Å². The summed E-state index contributed by atoms with van der Waals surface area (Å²) < 4.78 is 17.4. The summed E-state index contributed by atoms with van der Waals surface area (Å²) >= 11 is 0. The Bertz CT molecular complexity index is 537. The summed E-state index contributed by atoms with van der Waals surface area (Å²) in [6.45, 7) is 3.68. The Kier molecular flexibility index (Phi) is 5.74. The molecule has 1 atom stereocenters. The Balaban J connectivity index is 1.41. The predicted molar refractivity (Wildman–Crippen MR) is 91.0 cm³/mol. The molecule has 3 rings (SSSR count). The number of carbonyl (C=O) groups excluding carboxylic acids is 1. The van der Waals surface area contributed by atoms with Crippen LogP contribution in [0.2, 0.25) is 0 Å². The van der Waals surface area contributed by atoms with E-state index < -0.39 is 0 Å². The average molecular weight is 333 g/mol. The lowest BCUT2D eigenvalue weighted by molar-refractivity contribution is -0.186. The maximum absolute atomic E-state index is 12.1. The van der Waals surface area contributed by atoms with Crippen LogP contribution in [0, 0.1) is 0 Å². The van der Waals surface area contributed by atoms with Gasteiger partial charge in [0.15, 0.2) is 5.79 Å². The normalized spacial score (nSPS) is 22.5. The minimum atomic E-state index is -0.372. The second kappa shape index (κ2) is 7.99. The molecule has 1 aromatic rings. The molecule has 1 aliphatic carbocycles. The van der Waals surface area contributed by atoms with Crippen LogP contribution >= 0.6 is 0 Å². The van der Waals surface area contributed by atoms with E-state index in [2.05, 4.69) is 5.32 Å². The quantitative estimate of drug-likeness (QED) is 0.870. The smallest absolute Gasteiger partial charge is 0.224 e. The van der Waals surface area contributed by atoms with Crippen LogP contribution in [0.15, 0.2) is 24.3 Å². The van der Waals surface area contributed by atoms with Crippen molar-refractivity contribution >= 4 is 5.91 Å². The maximum atomic E-state index is 12.1. The molecular formula is C19H27NO4. The Morgan fingerprint density at radius 3 is 2.71 bits per heavy atom. The van der Waals surface area contributed by atoms with E-state index in [1.807, 2.05) is 31.2 Å². The third kappa shape index (κ3) is 4.48. The topological polar surface area (TPSA) is 56.8 Å². The maximum Gasteiger partial charge on any atom is 0.224 e. The minimum absolute atomic E-state index is 0.00681. The molecule has 5 nitrogen and oxygen atoms in total. The van der Waals surface area contributed by atoms with E-state index in [4.69, 9.17) is 14.2 Å². The van der Waals surface area contributed by atoms with Gasteiger partial charge in [0.1, 0.15) is 11.9 Å². The van der Waals surface area contributed by atoms with Gasteiger partial charge in [0.2, 0.25) is 5.91 Å². The van der Waals surface area contributed by atoms with Crippen LogP contribution in [0.25, 0.3) is 0 Å². The molecule has 0 bridgehead atoms. The standard InChI is InChI=1S/C19H27NO4/c1-2-22-16-8-6-15(7-9-16)12-18(21)20-13-17-14-23-19(24-17)10-4-3-5-11-19/h6-9,17H,2-5,10-14H2,1H3,(H,20,21)/t17-/m0/s1. The number of nitrogens with one attached hydrogen (secondary N) is 1. The number of hydrogen-bond donors (Lipinski definition) is 1. The summed E-state index contributed by atoms with van der Waals surface area (Å²) in [4.78, 5) is 12.1. The van der Waals surface area contributed by atoms with Crippen molar-refractivity contribution in [1.29, 1.82) is 0 Å². The van der Waals surface area contributed by atoms with Crippen molar-refractivity contribution in [1.82, 2.24) is 5.32 Å². The molecule has 1 amide bonds. The van der Waals surface area contributed by atoms with Crippen LogP contribution in [-0.2, 0) is 20.7 Å². The van der Waals surface area contributed by atoms with Gasteiger partial charge in [0.05, 0.1) is 19.6 Å². The van der Waals surface area contributed by atoms with Gasteiger partial charge in [0, 0.05) is 19.4 Å². The first-order valence-corrected chi connectivity index (χ1v) is 8.99. The van der Waals surface area contributed by atoms with Crippen molar-refractivity contribution in [3.8, 4) is 5.75 Å². The average Bonchev–Trinajstić information content (AvgIpc) is 2.98. The molecule has 1 N–H and O–H groups in total. The van der Waals surface area contributed by atoms with Crippen molar-refractivity contribution < 1.29 is 19.0 Å². The highest BCUT2D eigenvalue weighted by molar-refractivity contribution is 5.78. The first kappa shape index (κ1) is 17.2. The highest BCUT2D eigenvalue weighted by Gasteiger charge is 2.42. The number of carbonyl (C=O) groups is 1. The van der Waals surface area contributed by atoms with Gasteiger partial charge < -0.3 is 19.5 Å². The Labute approximate surface area is 143 Å². The largest absolute Gasteiger partial charge is 0.494 e. The van der Waals surface area contributed by atoms with Gasteiger partial charge >= 0.3 is 0 Å². The molecule has 1 saturated carbocycles. The molecule has 24 heavy (non-hydrogen) atoms. The molecule has 5 heteroatoms. The van der Waals surface area contributed by atoms with E-state index in [0.29, 0.717) is 26.2 Å². The molecule has 2 fully saturated rings. The monoisotopic (exact) mass is 333 g/mol. The lowest BCUT2D eigenvalue weighted by Gasteiger charge is -2.31. The number of rotatable bonds is 6. The fourth-order valence-electron chi connectivity index (χ4n) is 3.42. The summed E-state index contributed by atoms with van der Waals surface area (Å²) in [6, 6.07) is 7.65. The second-order valence-electron chi connectivity index (χ2n) is 6.58. The van der Waals surface area contributed by atoms with E-state index in [9.17, 15) is 4.79 Å². The second-order valence-corrected chi connectivity index (χ2v) is 6.58. The van der Waals surface area contributed by atoms with E-state index >= 15 is 0 Å². The van der Waals surface area contributed by atoms with Gasteiger partial charge in [-0.05, 0) is 37.5 Å². The summed E-state index contributed by atoms with van der Waals surface area (Å²) in [5.74, 6) is 0.464. The van der Waals surface area contributed by atoms with Crippen LogP contribution in [0.5, 0.6) is 5.75 Å². The lowest BCUT2D eigenvalue weighted by Crippen LogP contribution is -2.37. The first-order valence-electron chi connectivity index (χ1n) is 8.99. The van der Waals surface area contributed by atoms with Crippen molar-refractivity contribution in [3.63, 3.8) is 0 Å². The summed E-state index contributed by atoms with van der Waals surface area (Å²) in [6.07, 6.45) is 5.87. The molecule has 0 aromatic heterocycles. The minimum Gasteiger partial charge on any atom is -0.494 e. The zero-order chi connectivity index (χ0) is 16.8. The molecule has 1 saturated heterocycles. The Morgan fingerprint density at radius 2 is 2.00 bits per heavy atom. The van der Waals surface area contributed by atoms with Crippen LogP contribution < -0.4 is 10.1 Å². The number of ether oxygens (including phenoxy) is 3. The zero-order valence-corrected chi connectivity index (χ0v) is 14.4. The van der Waals surface area contributed by atoms with Crippen LogP contribution in [0.4, 0.5) is 0 Å². The third-order valence-corrected chi connectivity index (χ3v) is 4.66. The van der Waals surface area contributed by atoms with E-state index in [-0.39, 0.29) is 17.8 Å². The number of benzene rings is 1. The van der Waals surface area contributed by atoms with Crippen molar-refractivity contribution in [2.75, 3.05) is 19.8 Å². The number of amides is 1. The fraction of sp³-hybridized carbons (Fsp3) is 0.632. The summed E-state index contributed by atoms with van der Waals surface area (Å²) in [5.41, 5.74) is 0.975. The van der Waals surface area contributed by atoms with E-state index in [1.54, 1.807) is 0 Å². The van der Waals surface area contributed by atoms with E-state index in [0.717, 1.165) is 37.0 Å². The molecule has 132 valence electrons. The van der Waals surface area contributed by atoms with Crippen LogP contribution in [0.3, 0.4) is 0 Å². The molecule has 0 unspecified atom stereocenters. The molecule has 0 radical (unpaired) electrons. The zero-order valence-electron chi connectivity index (χ0n) is 14.4. The number of hydrogen-bond acceptors (Lipinski definition) is 4. The van der Waals surface area contributed by atoms with Gasteiger partial charge in [-0.15, -0.1) is 0 Å². The van der Waals surface area contributed by atoms with Gasteiger partial charge in [-0.2, -0.15) is 0 Å². The Morgan fingerprint density at radius 1 is 1.25 bits per heavy atom. The first-order chi connectivity index (χ1) is 11.7. The fourth-order valence-corrected chi connectivity index (χ4v) is 3.42. The molecule has 1 aromatic carbocycles.